The van der Waals surface area contributed by atoms with E-state index in [9.17, 15) is 19.2 Å². The topological polar surface area (TPSA) is 137 Å². The van der Waals surface area contributed by atoms with E-state index in [1.807, 2.05) is 0 Å². The first-order chi connectivity index (χ1) is 11.8. The van der Waals surface area contributed by atoms with Crippen LogP contribution in [0.15, 0.2) is 23.2 Å². The largest absolute Gasteiger partial charge is 0.465 e. The summed E-state index contributed by atoms with van der Waals surface area (Å²) in [5, 5.41) is 1.81. The van der Waals surface area contributed by atoms with E-state index in [0.29, 0.717) is 0 Å². The molecule has 1 heterocycles. The number of nitrogens with two attached hydrogens (primary N) is 1. The van der Waals surface area contributed by atoms with Crippen molar-refractivity contribution in [3.63, 3.8) is 0 Å². The smallest absolute Gasteiger partial charge is 0.337 e. The van der Waals surface area contributed by atoms with Crippen LogP contribution >= 0.6 is 11.8 Å². The number of hydrogen-bond donors (Lipinski definition) is 2. The number of carbonyl (C=O) groups excluding carboxylic acids is 4. The highest BCUT2D eigenvalue weighted by Gasteiger charge is 2.28. The Bertz CT molecular complexity index is 742. The number of amidine groups is 1. The summed E-state index contributed by atoms with van der Waals surface area (Å²) in [5.74, 6) is -2.36. The van der Waals surface area contributed by atoms with Crippen LogP contribution < -0.4 is 11.1 Å². The van der Waals surface area contributed by atoms with Crippen molar-refractivity contribution >= 4 is 46.4 Å². The average Bonchev–Trinajstić information content (AvgIpc) is 2.59. The molecule has 1 aliphatic rings. The number of thioether (sulfide) groups is 1. The van der Waals surface area contributed by atoms with Gasteiger partial charge in [0.1, 0.15) is 5.25 Å². The van der Waals surface area contributed by atoms with E-state index in [0.717, 1.165) is 11.8 Å². The summed E-state index contributed by atoms with van der Waals surface area (Å²) >= 11 is 0.959. The molecule has 0 saturated carbocycles. The minimum absolute atomic E-state index is 0.00922. The lowest BCUT2D eigenvalue weighted by Gasteiger charge is -2.18. The summed E-state index contributed by atoms with van der Waals surface area (Å²) in [6.45, 7) is 0. The van der Waals surface area contributed by atoms with Crippen LogP contribution in [0.1, 0.15) is 27.1 Å². The molecule has 2 rings (SSSR count). The number of methoxy groups -OCH3 is 2. The molecule has 9 nitrogen and oxygen atoms in total. The van der Waals surface area contributed by atoms with Crippen LogP contribution in [0.25, 0.3) is 0 Å². The van der Waals surface area contributed by atoms with Crippen molar-refractivity contribution < 1.29 is 28.7 Å². The Morgan fingerprint density at radius 3 is 2.20 bits per heavy atom. The fraction of sp³-hybridized carbons (Fsp3) is 0.267. The average molecular weight is 365 g/mol. The maximum absolute atomic E-state index is 12.3. The molecule has 0 radical (unpaired) electrons. The summed E-state index contributed by atoms with van der Waals surface area (Å²) < 4.78 is 9.25. The van der Waals surface area contributed by atoms with Crippen LogP contribution in [-0.4, -0.2) is 48.4 Å². The fourth-order valence-electron chi connectivity index (χ4n) is 2.08. The lowest BCUT2D eigenvalue weighted by Crippen LogP contribution is -2.33. The number of esters is 2. The van der Waals surface area contributed by atoms with Gasteiger partial charge in [0.15, 0.2) is 5.17 Å². The maximum atomic E-state index is 12.3. The molecule has 132 valence electrons. The second-order valence-corrected chi connectivity index (χ2v) is 6.15. The molecule has 25 heavy (non-hydrogen) atoms. The van der Waals surface area contributed by atoms with Crippen molar-refractivity contribution in [1.82, 2.24) is 0 Å². The van der Waals surface area contributed by atoms with E-state index < -0.39 is 29.0 Å². The molecule has 0 aromatic heterocycles. The zero-order chi connectivity index (χ0) is 18.6. The first kappa shape index (κ1) is 18.5. The first-order valence-corrected chi connectivity index (χ1v) is 7.88. The van der Waals surface area contributed by atoms with E-state index in [-0.39, 0.29) is 28.4 Å². The number of benzene rings is 1. The summed E-state index contributed by atoms with van der Waals surface area (Å²) in [6, 6.07) is 3.99. The maximum Gasteiger partial charge on any atom is 0.337 e. The number of nitrogens with one attached hydrogen (secondary N) is 1. The molecule has 1 aromatic rings. The zero-order valence-corrected chi connectivity index (χ0v) is 14.2. The Kier molecular flexibility index (Phi) is 5.75. The van der Waals surface area contributed by atoms with Gasteiger partial charge in [-0.15, -0.1) is 0 Å². The molecule has 2 amide bonds. The molecule has 0 bridgehead atoms. The number of rotatable bonds is 4. The van der Waals surface area contributed by atoms with E-state index in [2.05, 4.69) is 19.8 Å². The van der Waals surface area contributed by atoms with Gasteiger partial charge in [0.25, 0.3) is 0 Å². The van der Waals surface area contributed by atoms with Gasteiger partial charge in [0.05, 0.1) is 31.8 Å². The molecule has 1 atom stereocenters. The lowest BCUT2D eigenvalue weighted by molar-refractivity contribution is -0.121. The van der Waals surface area contributed by atoms with Crippen LogP contribution in [0.5, 0.6) is 0 Å². The summed E-state index contributed by atoms with van der Waals surface area (Å²) in [6.07, 6.45) is -0.0995. The number of carbonyl (C=O) groups is 4. The monoisotopic (exact) mass is 365 g/mol. The summed E-state index contributed by atoms with van der Waals surface area (Å²) in [5.41, 5.74) is 5.81. The molecule has 1 unspecified atom stereocenters. The third kappa shape index (κ3) is 4.57. The van der Waals surface area contributed by atoms with E-state index >= 15 is 0 Å². The minimum Gasteiger partial charge on any atom is -0.465 e. The Morgan fingerprint density at radius 1 is 1.16 bits per heavy atom. The molecular formula is C15H15N3O6S. The van der Waals surface area contributed by atoms with Gasteiger partial charge in [-0.2, -0.15) is 4.99 Å². The van der Waals surface area contributed by atoms with Gasteiger partial charge >= 0.3 is 11.9 Å². The van der Waals surface area contributed by atoms with Crippen LogP contribution in [0.4, 0.5) is 5.69 Å². The molecule has 10 heteroatoms. The SMILES string of the molecule is COC(=O)c1cc(NC(=O)C2CC(=O)N=C(N)S2)cc(C(=O)OC)c1. The van der Waals surface area contributed by atoms with E-state index in [1.165, 1.54) is 32.4 Å². The number of amides is 2. The first-order valence-electron chi connectivity index (χ1n) is 7.00. The minimum atomic E-state index is -0.756. The van der Waals surface area contributed by atoms with E-state index in [4.69, 9.17) is 5.73 Å². The highest BCUT2D eigenvalue weighted by Crippen LogP contribution is 2.23. The molecule has 0 saturated heterocycles. The number of aliphatic imine (C=N–C) groups is 1. The Morgan fingerprint density at radius 2 is 1.72 bits per heavy atom. The van der Waals surface area contributed by atoms with Gasteiger partial charge < -0.3 is 20.5 Å². The second-order valence-electron chi connectivity index (χ2n) is 4.93. The predicted octanol–water partition coefficient (Wildman–Crippen LogP) is 0.545. The van der Waals surface area contributed by atoms with Crippen molar-refractivity contribution in [1.29, 1.82) is 0 Å². The zero-order valence-electron chi connectivity index (χ0n) is 13.4. The van der Waals surface area contributed by atoms with Gasteiger partial charge in [0.2, 0.25) is 11.8 Å². The second kappa shape index (κ2) is 7.79. The van der Waals surface area contributed by atoms with Gasteiger partial charge in [-0.05, 0) is 18.2 Å². The van der Waals surface area contributed by atoms with Crippen molar-refractivity contribution in [3.8, 4) is 0 Å². The predicted molar refractivity (Wildman–Crippen MR) is 90.4 cm³/mol. The molecule has 0 aliphatic carbocycles. The fourth-order valence-corrected chi connectivity index (χ4v) is 2.92. The Hall–Kier alpha value is -2.88. The van der Waals surface area contributed by atoms with Crippen LogP contribution in [0, 0.1) is 0 Å². The standard InChI is InChI=1S/C15H15N3O6S/c1-23-13(21)7-3-8(14(22)24-2)5-9(4-7)17-12(20)10-6-11(19)18-15(16)25-10/h3-5,10H,6H2,1-2H3,(H,17,20)(H2,16,18,19). The molecule has 0 spiro atoms. The van der Waals surface area contributed by atoms with Crippen LogP contribution in [0.2, 0.25) is 0 Å². The lowest BCUT2D eigenvalue weighted by atomic mass is 10.1. The highest BCUT2D eigenvalue weighted by atomic mass is 32.2. The van der Waals surface area contributed by atoms with Crippen molar-refractivity contribution in [2.24, 2.45) is 10.7 Å². The molecule has 3 N–H and O–H groups in total. The molecule has 1 aromatic carbocycles. The third-order valence-electron chi connectivity index (χ3n) is 3.19. The Balaban J connectivity index is 2.27. The molecule has 0 fully saturated rings. The quantitative estimate of drug-likeness (QED) is 0.738. The summed E-state index contributed by atoms with van der Waals surface area (Å²) in [7, 11) is 2.38. The van der Waals surface area contributed by atoms with Gasteiger partial charge in [-0.3, -0.25) is 9.59 Å². The van der Waals surface area contributed by atoms with Crippen LogP contribution in [0.3, 0.4) is 0 Å². The highest BCUT2D eigenvalue weighted by molar-refractivity contribution is 8.15. The number of hydrogen-bond acceptors (Lipinski definition) is 8. The third-order valence-corrected chi connectivity index (χ3v) is 4.19. The van der Waals surface area contributed by atoms with Gasteiger partial charge in [0, 0.05) is 5.69 Å². The summed E-state index contributed by atoms with van der Waals surface area (Å²) in [4.78, 5) is 50.8. The van der Waals surface area contributed by atoms with E-state index in [1.54, 1.807) is 0 Å². The number of anilines is 1. The van der Waals surface area contributed by atoms with Crippen LogP contribution in [-0.2, 0) is 19.1 Å². The van der Waals surface area contributed by atoms with Crippen molar-refractivity contribution in [2.45, 2.75) is 11.7 Å². The Labute approximate surface area is 146 Å². The molecule has 1 aliphatic heterocycles. The number of nitrogens with zero attached hydrogens (tertiary/aromatic N) is 1. The van der Waals surface area contributed by atoms with Gasteiger partial charge in [-0.25, -0.2) is 9.59 Å². The van der Waals surface area contributed by atoms with Crippen molar-refractivity contribution in [3.05, 3.63) is 29.3 Å². The molecular weight excluding hydrogens is 350 g/mol. The van der Waals surface area contributed by atoms with Gasteiger partial charge in [-0.1, -0.05) is 11.8 Å². The number of ether oxygens (including phenoxy) is 2. The normalized spacial score (nSPS) is 16.6. The van der Waals surface area contributed by atoms with Crippen molar-refractivity contribution in [2.75, 3.05) is 19.5 Å².